The molecule has 16 heavy (non-hydrogen) atoms. The largest absolute Gasteiger partial charge is 0.399 e. The number of benzene rings is 1. The predicted molar refractivity (Wildman–Crippen MR) is 64.2 cm³/mol. The van der Waals surface area contributed by atoms with E-state index in [1.54, 1.807) is 24.3 Å². The maximum absolute atomic E-state index is 11.9. The Balaban J connectivity index is 1.98. The molecule has 1 saturated heterocycles. The van der Waals surface area contributed by atoms with Crippen molar-refractivity contribution in [3.63, 3.8) is 0 Å². The van der Waals surface area contributed by atoms with E-state index >= 15 is 0 Å². The molecule has 4 heteroatoms. The third-order valence-electron chi connectivity index (χ3n) is 2.88. The Morgan fingerprint density at radius 2 is 2.38 bits per heavy atom. The number of hydrogen-bond donors (Lipinski definition) is 2. The number of nitrogens with zero attached hydrogens (tertiary/aromatic N) is 1. The molecule has 2 rings (SSSR count). The highest BCUT2D eigenvalue weighted by molar-refractivity contribution is 5.95. The number of nitrogens with one attached hydrogen (secondary N) is 1. The Morgan fingerprint density at radius 3 is 3.00 bits per heavy atom. The van der Waals surface area contributed by atoms with Crippen molar-refractivity contribution in [2.45, 2.75) is 12.5 Å². The lowest BCUT2D eigenvalue weighted by Gasteiger charge is -2.12. The van der Waals surface area contributed by atoms with Crippen LogP contribution in [-0.4, -0.2) is 37.0 Å². The van der Waals surface area contributed by atoms with Gasteiger partial charge in [0.25, 0.3) is 5.91 Å². The highest BCUT2D eigenvalue weighted by atomic mass is 16.1. The van der Waals surface area contributed by atoms with E-state index in [4.69, 9.17) is 5.73 Å². The van der Waals surface area contributed by atoms with E-state index in [2.05, 4.69) is 17.3 Å². The molecule has 1 aliphatic rings. The minimum Gasteiger partial charge on any atom is -0.399 e. The van der Waals surface area contributed by atoms with Crippen LogP contribution >= 0.6 is 0 Å². The molecule has 3 N–H and O–H groups in total. The summed E-state index contributed by atoms with van der Waals surface area (Å²) in [5.74, 6) is -0.0346. The van der Waals surface area contributed by atoms with Crippen LogP contribution in [0, 0.1) is 0 Å². The molecule has 0 spiro atoms. The molecule has 86 valence electrons. The Morgan fingerprint density at radius 1 is 1.56 bits per heavy atom. The van der Waals surface area contributed by atoms with Crippen molar-refractivity contribution in [2.24, 2.45) is 0 Å². The van der Waals surface area contributed by atoms with Gasteiger partial charge in [-0.2, -0.15) is 0 Å². The summed E-state index contributed by atoms with van der Waals surface area (Å²) < 4.78 is 0. The maximum atomic E-state index is 11.9. The highest BCUT2D eigenvalue weighted by Gasteiger charge is 2.21. The summed E-state index contributed by atoms with van der Waals surface area (Å²) in [5.41, 5.74) is 6.89. The average Bonchev–Trinajstić information content (AvgIpc) is 2.64. The summed E-state index contributed by atoms with van der Waals surface area (Å²) in [7, 11) is 2.06. The molecule has 1 heterocycles. The molecular formula is C12H17N3O. The van der Waals surface area contributed by atoms with Crippen molar-refractivity contribution >= 4 is 11.6 Å². The minimum atomic E-state index is -0.0346. The van der Waals surface area contributed by atoms with Crippen LogP contribution in [0.4, 0.5) is 5.69 Å². The van der Waals surface area contributed by atoms with Crippen LogP contribution in [0.3, 0.4) is 0 Å². The maximum Gasteiger partial charge on any atom is 0.251 e. The lowest BCUT2D eigenvalue weighted by molar-refractivity contribution is 0.0938. The third kappa shape index (κ3) is 2.52. The van der Waals surface area contributed by atoms with E-state index in [1.807, 2.05) is 0 Å². The van der Waals surface area contributed by atoms with Crippen molar-refractivity contribution in [2.75, 3.05) is 25.9 Å². The van der Waals surface area contributed by atoms with Crippen LogP contribution in [0.2, 0.25) is 0 Å². The highest BCUT2D eigenvalue weighted by Crippen LogP contribution is 2.10. The average molecular weight is 219 g/mol. The summed E-state index contributed by atoms with van der Waals surface area (Å²) in [6.07, 6.45) is 1.02. The second-order valence-electron chi connectivity index (χ2n) is 4.35. The van der Waals surface area contributed by atoms with Gasteiger partial charge in [0, 0.05) is 23.8 Å². The molecule has 0 aliphatic carbocycles. The van der Waals surface area contributed by atoms with Crippen LogP contribution in [0.25, 0.3) is 0 Å². The predicted octanol–water partition coefficient (Wildman–Crippen LogP) is 0.703. The smallest absolute Gasteiger partial charge is 0.251 e. The number of amides is 1. The van der Waals surface area contributed by atoms with E-state index in [9.17, 15) is 4.79 Å². The molecule has 1 amide bonds. The van der Waals surface area contributed by atoms with Crippen molar-refractivity contribution in [1.82, 2.24) is 10.2 Å². The van der Waals surface area contributed by atoms with Gasteiger partial charge in [-0.05, 0) is 38.2 Å². The van der Waals surface area contributed by atoms with Crippen molar-refractivity contribution in [3.05, 3.63) is 29.8 Å². The fourth-order valence-electron chi connectivity index (χ4n) is 2.00. The normalized spacial score (nSPS) is 20.9. The standard InChI is InChI=1S/C12H17N3O/c1-15-6-5-11(8-15)14-12(16)9-3-2-4-10(13)7-9/h2-4,7,11H,5-6,8,13H2,1H3,(H,14,16). The van der Waals surface area contributed by atoms with Gasteiger partial charge >= 0.3 is 0 Å². The second-order valence-corrected chi connectivity index (χ2v) is 4.35. The first-order chi connectivity index (χ1) is 7.65. The topological polar surface area (TPSA) is 58.4 Å². The van der Waals surface area contributed by atoms with Crippen molar-refractivity contribution < 1.29 is 4.79 Å². The van der Waals surface area contributed by atoms with Crippen LogP contribution in [-0.2, 0) is 0 Å². The number of anilines is 1. The molecule has 0 bridgehead atoms. The monoisotopic (exact) mass is 219 g/mol. The van der Waals surface area contributed by atoms with Gasteiger partial charge in [-0.3, -0.25) is 4.79 Å². The molecule has 0 aromatic heterocycles. The van der Waals surface area contributed by atoms with E-state index in [0.29, 0.717) is 11.3 Å². The zero-order chi connectivity index (χ0) is 11.5. The summed E-state index contributed by atoms with van der Waals surface area (Å²) >= 11 is 0. The lowest BCUT2D eigenvalue weighted by Crippen LogP contribution is -2.36. The first-order valence-corrected chi connectivity index (χ1v) is 5.50. The van der Waals surface area contributed by atoms with E-state index in [-0.39, 0.29) is 11.9 Å². The molecule has 1 aliphatic heterocycles. The third-order valence-corrected chi connectivity index (χ3v) is 2.88. The lowest BCUT2D eigenvalue weighted by atomic mass is 10.1. The minimum absolute atomic E-state index is 0.0346. The molecule has 1 aromatic rings. The number of nitrogen functional groups attached to an aromatic ring is 1. The number of likely N-dealkylation sites (N-methyl/N-ethyl adjacent to an activating group) is 1. The van der Waals surface area contributed by atoms with Gasteiger partial charge in [-0.15, -0.1) is 0 Å². The summed E-state index contributed by atoms with van der Waals surface area (Å²) in [6.45, 7) is 1.97. The van der Waals surface area contributed by atoms with E-state index < -0.39 is 0 Å². The Labute approximate surface area is 95.4 Å². The number of hydrogen-bond acceptors (Lipinski definition) is 3. The molecular weight excluding hydrogens is 202 g/mol. The number of carbonyl (C=O) groups is 1. The van der Waals surface area contributed by atoms with Gasteiger partial charge in [0.2, 0.25) is 0 Å². The molecule has 0 saturated carbocycles. The zero-order valence-corrected chi connectivity index (χ0v) is 9.44. The molecule has 1 fully saturated rings. The Kier molecular flexibility index (Phi) is 3.10. The van der Waals surface area contributed by atoms with Gasteiger partial charge in [0.05, 0.1) is 0 Å². The summed E-state index contributed by atoms with van der Waals surface area (Å²) in [6, 6.07) is 7.32. The van der Waals surface area contributed by atoms with Crippen LogP contribution in [0.15, 0.2) is 24.3 Å². The van der Waals surface area contributed by atoms with Crippen molar-refractivity contribution in [1.29, 1.82) is 0 Å². The molecule has 4 nitrogen and oxygen atoms in total. The first kappa shape index (κ1) is 11.0. The first-order valence-electron chi connectivity index (χ1n) is 5.50. The SMILES string of the molecule is CN1CCC(NC(=O)c2cccc(N)c2)C1. The summed E-state index contributed by atoms with van der Waals surface area (Å²) in [5, 5.41) is 3.02. The fraction of sp³-hybridized carbons (Fsp3) is 0.417. The number of carbonyl (C=O) groups excluding carboxylic acids is 1. The van der Waals surface area contributed by atoms with Gasteiger partial charge in [-0.25, -0.2) is 0 Å². The van der Waals surface area contributed by atoms with Gasteiger partial charge in [-0.1, -0.05) is 6.07 Å². The zero-order valence-electron chi connectivity index (χ0n) is 9.44. The molecule has 1 aromatic carbocycles. The van der Waals surface area contributed by atoms with Gasteiger partial charge in [0.1, 0.15) is 0 Å². The quantitative estimate of drug-likeness (QED) is 0.720. The second kappa shape index (κ2) is 4.53. The van der Waals surface area contributed by atoms with Crippen LogP contribution in [0.1, 0.15) is 16.8 Å². The number of likely N-dealkylation sites (tertiary alicyclic amines) is 1. The molecule has 0 radical (unpaired) electrons. The van der Waals surface area contributed by atoms with E-state index in [0.717, 1.165) is 19.5 Å². The number of rotatable bonds is 2. The summed E-state index contributed by atoms with van der Waals surface area (Å²) in [4.78, 5) is 14.1. The van der Waals surface area contributed by atoms with E-state index in [1.165, 1.54) is 0 Å². The Hall–Kier alpha value is -1.55. The van der Waals surface area contributed by atoms with Crippen molar-refractivity contribution in [3.8, 4) is 0 Å². The molecule has 1 atom stereocenters. The fourth-order valence-corrected chi connectivity index (χ4v) is 2.00. The van der Waals surface area contributed by atoms with Gasteiger partial charge < -0.3 is 16.0 Å². The number of nitrogens with two attached hydrogens (primary N) is 1. The molecule has 1 unspecified atom stereocenters. The van der Waals surface area contributed by atoms with Gasteiger partial charge in [0.15, 0.2) is 0 Å². The van der Waals surface area contributed by atoms with Crippen LogP contribution < -0.4 is 11.1 Å². The van der Waals surface area contributed by atoms with Crippen LogP contribution in [0.5, 0.6) is 0 Å². The Bertz CT molecular complexity index is 392.